The Kier molecular flexibility index (Phi) is 2.42. The molecule has 1 atom stereocenters. The summed E-state index contributed by atoms with van der Waals surface area (Å²) in [5.41, 5.74) is 5.97. The largest absolute Gasteiger partial charge is 0.387 e. The summed E-state index contributed by atoms with van der Waals surface area (Å²) < 4.78 is 0. The fourth-order valence-corrected chi connectivity index (χ4v) is 0.762. The first-order valence-corrected chi connectivity index (χ1v) is 3.21. The number of imidazole rings is 1. The van der Waals surface area contributed by atoms with E-state index >= 15 is 0 Å². The third-order valence-corrected chi connectivity index (χ3v) is 1.32. The molecule has 4 heteroatoms. The van der Waals surface area contributed by atoms with Crippen molar-refractivity contribution >= 4 is 0 Å². The van der Waals surface area contributed by atoms with Crippen LogP contribution in [-0.4, -0.2) is 21.6 Å². The summed E-state index contributed by atoms with van der Waals surface area (Å²) in [7, 11) is 0. The zero-order valence-corrected chi connectivity index (χ0v) is 5.62. The van der Waals surface area contributed by atoms with E-state index in [-0.39, 0.29) is 0 Å². The van der Waals surface area contributed by atoms with Gasteiger partial charge in [-0.2, -0.15) is 0 Å². The lowest BCUT2D eigenvalue weighted by atomic mass is 10.2. The predicted molar refractivity (Wildman–Crippen MR) is 37.2 cm³/mol. The van der Waals surface area contributed by atoms with E-state index in [1.165, 1.54) is 6.33 Å². The van der Waals surface area contributed by atoms with E-state index in [2.05, 4.69) is 9.97 Å². The first-order chi connectivity index (χ1) is 4.84. The molecule has 0 amide bonds. The molecule has 10 heavy (non-hydrogen) atoms. The summed E-state index contributed by atoms with van der Waals surface area (Å²) in [6, 6.07) is 0. The van der Waals surface area contributed by atoms with E-state index < -0.39 is 6.10 Å². The standard InChI is InChI=1S/C6H11N3O/c7-2-1-6(10)5-3-8-4-9-5/h3-4,6,10H,1-2,7H2,(H,8,9)/t6-/m0/s1. The zero-order valence-electron chi connectivity index (χ0n) is 5.62. The summed E-state index contributed by atoms with van der Waals surface area (Å²) >= 11 is 0. The van der Waals surface area contributed by atoms with Crippen molar-refractivity contribution < 1.29 is 5.11 Å². The van der Waals surface area contributed by atoms with Gasteiger partial charge in [-0.1, -0.05) is 0 Å². The summed E-state index contributed by atoms with van der Waals surface area (Å²) in [6.07, 6.45) is 3.21. The van der Waals surface area contributed by atoms with Gasteiger partial charge in [0, 0.05) is 0 Å². The first-order valence-electron chi connectivity index (χ1n) is 3.21. The lowest BCUT2D eigenvalue weighted by molar-refractivity contribution is 0.166. The van der Waals surface area contributed by atoms with Crippen LogP contribution in [-0.2, 0) is 0 Å². The van der Waals surface area contributed by atoms with Gasteiger partial charge in [0.05, 0.1) is 24.3 Å². The normalized spacial score (nSPS) is 13.4. The fourth-order valence-electron chi connectivity index (χ4n) is 0.762. The molecule has 0 radical (unpaired) electrons. The van der Waals surface area contributed by atoms with Gasteiger partial charge in [0.15, 0.2) is 0 Å². The monoisotopic (exact) mass is 141 g/mol. The van der Waals surface area contributed by atoms with Gasteiger partial charge in [0.25, 0.3) is 0 Å². The fraction of sp³-hybridized carbons (Fsp3) is 0.500. The predicted octanol–water partition coefficient (Wildman–Crippen LogP) is -0.208. The second-order valence-electron chi connectivity index (χ2n) is 2.10. The molecule has 0 saturated carbocycles. The van der Waals surface area contributed by atoms with Crippen molar-refractivity contribution in [3.05, 3.63) is 18.2 Å². The topological polar surface area (TPSA) is 74.9 Å². The van der Waals surface area contributed by atoms with Crippen LogP contribution in [0.5, 0.6) is 0 Å². The second-order valence-corrected chi connectivity index (χ2v) is 2.10. The van der Waals surface area contributed by atoms with Crippen LogP contribution < -0.4 is 5.73 Å². The molecule has 1 rings (SSSR count). The highest BCUT2D eigenvalue weighted by molar-refractivity contribution is 4.98. The van der Waals surface area contributed by atoms with Gasteiger partial charge in [0.2, 0.25) is 0 Å². The van der Waals surface area contributed by atoms with Crippen molar-refractivity contribution in [3.63, 3.8) is 0 Å². The van der Waals surface area contributed by atoms with E-state index in [1.807, 2.05) is 0 Å². The SMILES string of the molecule is NCC[C@H](O)c1cnc[nH]1. The number of nitrogens with zero attached hydrogens (tertiary/aromatic N) is 1. The molecule has 4 nitrogen and oxygen atoms in total. The molecule has 56 valence electrons. The Labute approximate surface area is 59.1 Å². The number of H-pyrrole nitrogens is 1. The first kappa shape index (κ1) is 7.24. The minimum Gasteiger partial charge on any atom is -0.387 e. The number of aromatic nitrogens is 2. The highest BCUT2D eigenvalue weighted by Gasteiger charge is 2.05. The molecule has 1 heterocycles. The van der Waals surface area contributed by atoms with Gasteiger partial charge in [0.1, 0.15) is 0 Å². The molecular weight excluding hydrogens is 130 g/mol. The van der Waals surface area contributed by atoms with Crippen LogP contribution in [0.25, 0.3) is 0 Å². The maximum atomic E-state index is 9.26. The molecule has 0 aliphatic carbocycles. The highest BCUT2D eigenvalue weighted by atomic mass is 16.3. The minimum atomic E-state index is -0.493. The number of aliphatic hydroxyl groups is 1. The van der Waals surface area contributed by atoms with Crippen LogP contribution in [0.3, 0.4) is 0 Å². The van der Waals surface area contributed by atoms with Crippen LogP contribution in [0.4, 0.5) is 0 Å². The Hall–Kier alpha value is -0.870. The van der Waals surface area contributed by atoms with Gasteiger partial charge < -0.3 is 15.8 Å². The quantitative estimate of drug-likeness (QED) is 0.545. The molecule has 0 unspecified atom stereocenters. The summed E-state index contributed by atoms with van der Waals surface area (Å²) in [6.45, 7) is 0.486. The summed E-state index contributed by atoms with van der Waals surface area (Å²) in [5, 5.41) is 9.26. The number of hydrogen-bond donors (Lipinski definition) is 3. The Morgan fingerprint density at radius 1 is 1.80 bits per heavy atom. The van der Waals surface area contributed by atoms with E-state index in [0.717, 1.165) is 5.69 Å². The maximum Gasteiger partial charge on any atom is 0.0965 e. The van der Waals surface area contributed by atoms with Crippen LogP contribution in [0, 0.1) is 0 Å². The number of rotatable bonds is 3. The maximum absolute atomic E-state index is 9.26. The second kappa shape index (κ2) is 3.34. The molecule has 4 N–H and O–H groups in total. The Bertz CT molecular complexity index is 173. The average Bonchev–Trinajstić information content (AvgIpc) is 2.38. The number of nitrogens with one attached hydrogen (secondary N) is 1. The highest BCUT2D eigenvalue weighted by Crippen LogP contribution is 2.10. The third kappa shape index (κ3) is 1.55. The molecule has 0 spiro atoms. The van der Waals surface area contributed by atoms with E-state index in [4.69, 9.17) is 5.73 Å². The van der Waals surface area contributed by atoms with Crippen LogP contribution in [0.15, 0.2) is 12.5 Å². The van der Waals surface area contributed by atoms with Crippen molar-refractivity contribution in [2.24, 2.45) is 5.73 Å². The molecule has 0 fully saturated rings. The molecule has 0 saturated heterocycles. The van der Waals surface area contributed by atoms with Gasteiger partial charge >= 0.3 is 0 Å². The number of nitrogens with two attached hydrogens (primary N) is 1. The number of aromatic amines is 1. The molecule has 0 aliphatic heterocycles. The molecule has 0 aliphatic rings. The van der Waals surface area contributed by atoms with E-state index in [1.54, 1.807) is 6.20 Å². The number of hydrogen-bond acceptors (Lipinski definition) is 3. The van der Waals surface area contributed by atoms with Gasteiger partial charge in [-0.15, -0.1) is 0 Å². The number of aliphatic hydroxyl groups excluding tert-OH is 1. The summed E-state index contributed by atoms with van der Waals surface area (Å²) in [5.74, 6) is 0. The Morgan fingerprint density at radius 2 is 2.60 bits per heavy atom. The van der Waals surface area contributed by atoms with Crippen molar-refractivity contribution in [2.45, 2.75) is 12.5 Å². The lowest BCUT2D eigenvalue weighted by Gasteiger charge is -2.04. The van der Waals surface area contributed by atoms with Crippen molar-refractivity contribution in [2.75, 3.05) is 6.54 Å². The molecule has 1 aromatic rings. The van der Waals surface area contributed by atoms with Gasteiger partial charge in [-0.25, -0.2) is 4.98 Å². The summed E-state index contributed by atoms with van der Waals surface area (Å²) in [4.78, 5) is 6.57. The van der Waals surface area contributed by atoms with Crippen molar-refractivity contribution in [1.82, 2.24) is 9.97 Å². The van der Waals surface area contributed by atoms with E-state index in [0.29, 0.717) is 13.0 Å². The van der Waals surface area contributed by atoms with Crippen molar-refractivity contribution in [1.29, 1.82) is 0 Å². The smallest absolute Gasteiger partial charge is 0.0965 e. The van der Waals surface area contributed by atoms with Gasteiger partial charge in [-0.3, -0.25) is 0 Å². The van der Waals surface area contributed by atoms with E-state index in [9.17, 15) is 5.11 Å². The Morgan fingerprint density at radius 3 is 3.10 bits per heavy atom. The molecular formula is C6H11N3O. The van der Waals surface area contributed by atoms with Crippen molar-refractivity contribution in [3.8, 4) is 0 Å². The zero-order chi connectivity index (χ0) is 7.40. The van der Waals surface area contributed by atoms with Crippen LogP contribution in [0.1, 0.15) is 18.2 Å². The lowest BCUT2D eigenvalue weighted by Crippen LogP contribution is -2.06. The third-order valence-electron chi connectivity index (χ3n) is 1.32. The average molecular weight is 141 g/mol. The minimum absolute atomic E-state index is 0.486. The molecule has 1 aromatic heterocycles. The Balaban J connectivity index is 2.50. The van der Waals surface area contributed by atoms with Crippen LogP contribution >= 0.6 is 0 Å². The molecule has 0 bridgehead atoms. The van der Waals surface area contributed by atoms with Gasteiger partial charge in [-0.05, 0) is 13.0 Å². The molecule has 0 aromatic carbocycles. The van der Waals surface area contributed by atoms with Crippen LogP contribution in [0.2, 0.25) is 0 Å².